The second kappa shape index (κ2) is 11.3. The SMILES string of the molecule is CCOc1ccc(OC(C)C(=O)NNC(=O)[C@H](C)NS(=O)(=O)c2ccc(OC)cc2)cc1. The maximum absolute atomic E-state index is 12.4. The number of sulfonamides is 1. The topological polar surface area (TPSA) is 132 Å². The van der Waals surface area contributed by atoms with Crippen molar-refractivity contribution in [1.29, 1.82) is 0 Å². The molecular weight excluding hydrogens is 438 g/mol. The van der Waals surface area contributed by atoms with Crippen LogP contribution in [0.15, 0.2) is 53.4 Å². The van der Waals surface area contributed by atoms with E-state index in [1.165, 1.54) is 45.2 Å². The lowest BCUT2D eigenvalue weighted by atomic mass is 10.3. The highest BCUT2D eigenvalue weighted by molar-refractivity contribution is 7.89. The molecule has 1 unspecified atom stereocenters. The lowest BCUT2D eigenvalue weighted by Crippen LogP contribution is -2.53. The molecule has 0 saturated carbocycles. The summed E-state index contributed by atoms with van der Waals surface area (Å²) < 4.78 is 42.9. The average molecular weight is 466 g/mol. The van der Waals surface area contributed by atoms with Crippen molar-refractivity contribution in [2.24, 2.45) is 0 Å². The Labute approximate surface area is 187 Å². The highest BCUT2D eigenvalue weighted by Gasteiger charge is 2.23. The highest BCUT2D eigenvalue weighted by atomic mass is 32.2. The van der Waals surface area contributed by atoms with Gasteiger partial charge in [0.05, 0.1) is 24.7 Å². The summed E-state index contributed by atoms with van der Waals surface area (Å²) in [7, 11) is -2.48. The molecule has 0 radical (unpaired) electrons. The van der Waals surface area contributed by atoms with E-state index in [9.17, 15) is 18.0 Å². The van der Waals surface area contributed by atoms with Crippen molar-refractivity contribution in [3.8, 4) is 17.2 Å². The van der Waals surface area contributed by atoms with Crippen LogP contribution in [0.3, 0.4) is 0 Å². The normalized spacial score (nSPS) is 12.9. The molecule has 0 aliphatic heterocycles. The van der Waals surface area contributed by atoms with Gasteiger partial charge in [-0.15, -0.1) is 0 Å². The van der Waals surface area contributed by atoms with Crippen LogP contribution in [0.2, 0.25) is 0 Å². The fraction of sp³-hybridized carbons (Fsp3) is 0.333. The first-order valence-electron chi connectivity index (χ1n) is 9.82. The number of carbonyl (C=O) groups excluding carboxylic acids is 2. The van der Waals surface area contributed by atoms with E-state index in [-0.39, 0.29) is 4.90 Å². The number of benzene rings is 2. The van der Waals surface area contributed by atoms with Crippen molar-refractivity contribution in [2.75, 3.05) is 13.7 Å². The molecule has 11 heteroatoms. The molecule has 10 nitrogen and oxygen atoms in total. The molecule has 2 rings (SSSR count). The van der Waals surface area contributed by atoms with Gasteiger partial charge in [0.2, 0.25) is 10.0 Å². The molecule has 0 saturated heterocycles. The van der Waals surface area contributed by atoms with Crippen LogP contribution in [-0.4, -0.2) is 46.1 Å². The number of ether oxygens (including phenoxy) is 3. The molecule has 0 aliphatic rings. The molecule has 174 valence electrons. The van der Waals surface area contributed by atoms with Crippen LogP contribution in [0.5, 0.6) is 17.2 Å². The molecule has 3 N–H and O–H groups in total. The van der Waals surface area contributed by atoms with Gasteiger partial charge in [-0.1, -0.05) is 0 Å². The molecule has 0 aromatic heterocycles. The van der Waals surface area contributed by atoms with Gasteiger partial charge < -0.3 is 14.2 Å². The van der Waals surface area contributed by atoms with Crippen LogP contribution in [0.1, 0.15) is 20.8 Å². The van der Waals surface area contributed by atoms with Gasteiger partial charge in [-0.05, 0) is 69.3 Å². The number of hydrogen-bond acceptors (Lipinski definition) is 7. The van der Waals surface area contributed by atoms with E-state index in [1.807, 2.05) is 6.92 Å². The van der Waals surface area contributed by atoms with E-state index in [0.717, 1.165) is 0 Å². The van der Waals surface area contributed by atoms with Gasteiger partial charge in [0, 0.05) is 0 Å². The highest BCUT2D eigenvalue weighted by Crippen LogP contribution is 2.18. The van der Waals surface area contributed by atoms with E-state index in [0.29, 0.717) is 23.9 Å². The molecule has 32 heavy (non-hydrogen) atoms. The number of hydrazine groups is 1. The number of methoxy groups -OCH3 is 1. The first-order valence-corrected chi connectivity index (χ1v) is 11.3. The van der Waals surface area contributed by atoms with Crippen LogP contribution < -0.4 is 29.8 Å². The maximum atomic E-state index is 12.4. The monoisotopic (exact) mass is 465 g/mol. The molecule has 2 aromatic carbocycles. The summed E-state index contributed by atoms with van der Waals surface area (Å²) >= 11 is 0. The van der Waals surface area contributed by atoms with Crippen molar-refractivity contribution in [2.45, 2.75) is 37.8 Å². The van der Waals surface area contributed by atoms with Crippen LogP contribution in [0.4, 0.5) is 0 Å². The minimum atomic E-state index is -3.95. The molecular formula is C21H27N3O7S. The zero-order valence-corrected chi connectivity index (χ0v) is 19.1. The molecule has 0 fully saturated rings. The summed E-state index contributed by atoms with van der Waals surface area (Å²) in [6.45, 7) is 5.26. The van der Waals surface area contributed by atoms with Gasteiger partial charge in [0.1, 0.15) is 17.2 Å². The lowest BCUT2D eigenvalue weighted by Gasteiger charge is -2.18. The Kier molecular flexibility index (Phi) is 8.85. The molecule has 0 bridgehead atoms. The summed E-state index contributed by atoms with van der Waals surface area (Å²) in [5.74, 6) is 0.263. The Bertz CT molecular complexity index is 1010. The minimum absolute atomic E-state index is 0.0284. The van der Waals surface area contributed by atoms with Crippen molar-refractivity contribution >= 4 is 21.8 Å². The van der Waals surface area contributed by atoms with E-state index < -0.39 is 34.0 Å². The Balaban J connectivity index is 1.85. The van der Waals surface area contributed by atoms with Gasteiger partial charge in [-0.2, -0.15) is 4.72 Å². The maximum Gasteiger partial charge on any atom is 0.279 e. The van der Waals surface area contributed by atoms with Crippen LogP contribution in [0, 0.1) is 0 Å². The van der Waals surface area contributed by atoms with Crippen molar-refractivity contribution in [1.82, 2.24) is 15.6 Å². The van der Waals surface area contributed by atoms with Gasteiger partial charge in [0.25, 0.3) is 11.8 Å². The van der Waals surface area contributed by atoms with Gasteiger partial charge >= 0.3 is 0 Å². The first-order chi connectivity index (χ1) is 15.2. The molecule has 0 aliphatic carbocycles. The summed E-state index contributed by atoms with van der Waals surface area (Å²) in [6.07, 6.45) is -0.917. The molecule has 0 spiro atoms. The van der Waals surface area contributed by atoms with Gasteiger partial charge in [-0.3, -0.25) is 20.4 Å². The predicted molar refractivity (Wildman–Crippen MR) is 117 cm³/mol. The fourth-order valence-electron chi connectivity index (χ4n) is 2.48. The summed E-state index contributed by atoms with van der Waals surface area (Å²) in [4.78, 5) is 24.4. The van der Waals surface area contributed by atoms with Crippen molar-refractivity contribution < 1.29 is 32.2 Å². The summed E-state index contributed by atoms with van der Waals surface area (Å²) in [5.41, 5.74) is 4.40. The number of amides is 2. The minimum Gasteiger partial charge on any atom is -0.497 e. The third kappa shape index (κ3) is 7.13. The van der Waals surface area contributed by atoms with Crippen LogP contribution in [-0.2, 0) is 19.6 Å². The van der Waals surface area contributed by atoms with Gasteiger partial charge in [-0.25, -0.2) is 8.42 Å². The molecule has 2 aromatic rings. The molecule has 0 heterocycles. The molecule has 2 amide bonds. The van der Waals surface area contributed by atoms with E-state index in [2.05, 4.69) is 15.6 Å². The zero-order chi connectivity index (χ0) is 23.7. The number of hydrogen-bond donors (Lipinski definition) is 3. The average Bonchev–Trinajstić information content (AvgIpc) is 2.78. The fourth-order valence-corrected chi connectivity index (χ4v) is 3.68. The Morgan fingerprint density at radius 3 is 1.97 bits per heavy atom. The van der Waals surface area contributed by atoms with Crippen LogP contribution >= 0.6 is 0 Å². The van der Waals surface area contributed by atoms with Crippen molar-refractivity contribution in [3.63, 3.8) is 0 Å². The van der Waals surface area contributed by atoms with E-state index >= 15 is 0 Å². The third-order valence-corrected chi connectivity index (χ3v) is 5.78. The largest absolute Gasteiger partial charge is 0.497 e. The Hall–Kier alpha value is -3.31. The van der Waals surface area contributed by atoms with Gasteiger partial charge in [0.15, 0.2) is 6.10 Å². The lowest BCUT2D eigenvalue weighted by molar-refractivity contribution is -0.133. The smallest absolute Gasteiger partial charge is 0.279 e. The number of carbonyl (C=O) groups is 2. The number of rotatable bonds is 10. The third-order valence-electron chi connectivity index (χ3n) is 4.22. The predicted octanol–water partition coefficient (Wildman–Crippen LogP) is 1.38. The number of nitrogens with one attached hydrogen (secondary N) is 3. The Morgan fingerprint density at radius 1 is 0.875 bits per heavy atom. The molecule has 2 atom stereocenters. The van der Waals surface area contributed by atoms with E-state index in [1.54, 1.807) is 24.3 Å². The summed E-state index contributed by atoms with van der Waals surface area (Å²) in [5, 5.41) is 0. The van der Waals surface area contributed by atoms with Crippen molar-refractivity contribution in [3.05, 3.63) is 48.5 Å². The van der Waals surface area contributed by atoms with E-state index in [4.69, 9.17) is 14.2 Å². The quantitative estimate of drug-likeness (QED) is 0.452. The standard InChI is InChI=1S/C21H27N3O7S/c1-5-30-17-6-8-18(9-7-17)31-15(3)21(26)23-22-20(25)14(2)24-32(27,28)19-12-10-16(29-4)11-13-19/h6-15,24H,5H2,1-4H3,(H,22,25)(H,23,26)/t14-,15?/m0/s1. The second-order valence-corrected chi connectivity index (χ2v) is 8.38. The summed E-state index contributed by atoms with van der Waals surface area (Å²) in [6, 6.07) is 11.3. The second-order valence-electron chi connectivity index (χ2n) is 6.66. The first kappa shape index (κ1) is 25.0. The zero-order valence-electron chi connectivity index (χ0n) is 18.2. The Morgan fingerprint density at radius 2 is 1.41 bits per heavy atom. The van der Waals surface area contributed by atoms with Crippen LogP contribution in [0.25, 0.3) is 0 Å².